The molecule has 3 aliphatic rings. The van der Waals surface area contributed by atoms with Crippen LogP contribution in [0.2, 0.25) is 0 Å². The van der Waals surface area contributed by atoms with Crippen molar-refractivity contribution in [2.24, 2.45) is 5.10 Å². The highest BCUT2D eigenvalue weighted by atomic mass is 19.4. The van der Waals surface area contributed by atoms with Crippen LogP contribution in [0.4, 0.5) is 18.9 Å². The molecule has 176 valence electrons. The molecule has 3 aliphatic heterocycles. The number of anilines is 1. The van der Waals surface area contributed by atoms with Gasteiger partial charge in [0, 0.05) is 0 Å². The van der Waals surface area contributed by atoms with E-state index < -0.39 is 12.1 Å². The zero-order valence-electron chi connectivity index (χ0n) is 18.1. The van der Waals surface area contributed by atoms with Crippen LogP contribution in [0, 0.1) is 0 Å². The summed E-state index contributed by atoms with van der Waals surface area (Å²) in [6.07, 6.45) is -2.79. The van der Waals surface area contributed by atoms with Gasteiger partial charge in [-0.2, -0.15) is 18.3 Å². The Labute approximate surface area is 183 Å². The first-order valence-corrected chi connectivity index (χ1v) is 10.5. The molecule has 1 fully saturated rings. The van der Waals surface area contributed by atoms with Gasteiger partial charge in [-0.05, 0) is 68.0 Å². The van der Waals surface area contributed by atoms with E-state index in [4.69, 9.17) is 14.6 Å². The zero-order valence-corrected chi connectivity index (χ0v) is 18.1. The number of alkyl halides is 3. The fraction of sp³-hybridized carbons (Fsp3) is 0.571. The van der Waals surface area contributed by atoms with E-state index >= 15 is 0 Å². The van der Waals surface area contributed by atoms with Crippen molar-refractivity contribution in [1.82, 2.24) is 10.7 Å². The number of carbonyl (C=O) groups is 2. The van der Waals surface area contributed by atoms with Gasteiger partial charge in [0.2, 0.25) is 0 Å². The first-order valence-electron chi connectivity index (χ1n) is 10.5. The lowest BCUT2D eigenvalue weighted by atomic mass is 9.83. The number of carboxylic acids is 1. The Kier molecular flexibility index (Phi) is 6.97. The molecule has 0 aliphatic carbocycles. The first kappa shape index (κ1) is 23.8. The summed E-state index contributed by atoms with van der Waals surface area (Å²) in [5.74, 6) is -0.202. The Hall–Kier alpha value is -2.82. The molecule has 3 heterocycles. The molecule has 11 heteroatoms. The van der Waals surface area contributed by atoms with Gasteiger partial charge in [0.25, 0.3) is 5.91 Å². The number of hydrazone groups is 1. The maximum atomic E-state index is 12.1. The molecular weight excluding hydrogens is 429 g/mol. The fourth-order valence-corrected chi connectivity index (χ4v) is 4.09. The van der Waals surface area contributed by atoms with Gasteiger partial charge in [-0.25, -0.2) is 10.2 Å². The van der Waals surface area contributed by atoms with E-state index in [0.29, 0.717) is 18.4 Å². The number of halogens is 3. The molecule has 0 bridgehead atoms. The van der Waals surface area contributed by atoms with Crippen LogP contribution < -0.4 is 20.4 Å². The molecule has 3 N–H and O–H groups in total. The van der Waals surface area contributed by atoms with E-state index in [1.807, 2.05) is 11.8 Å². The molecule has 0 radical (unpaired) electrons. The van der Waals surface area contributed by atoms with Crippen LogP contribution in [0.1, 0.15) is 56.6 Å². The van der Waals surface area contributed by atoms with Gasteiger partial charge in [0.05, 0.1) is 5.69 Å². The van der Waals surface area contributed by atoms with Crippen LogP contribution in [-0.2, 0) is 9.59 Å². The third-order valence-corrected chi connectivity index (χ3v) is 5.76. The van der Waals surface area contributed by atoms with Crippen molar-refractivity contribution in [1.29, 1.82) is 0 Å². The maximum absolute atomic E-state index is 12.1. The molecule has 32 heavy (non-hydrogen) atoms. The van der Waals surface area contributed by atoms with Gasteiger partial charge in [-0.1, -0.05) is 13.8 Å². The Morgan fingerprint density at radius 3 is 2.47 bits per heavy atom. The highest BCUT2D eigenvalue weighted by Gasteiger charge is 2.38. The third kappa shape index (κ3) is 4.98. The molecule has 4 rings (SSSR count). The van der Waals surface area contributed by atoms with Gasteiger partial charge < -0.3 is 20.1 Å². The van der Waals surface area contributed by atoms with E-state index in [2.05, 4.69) is 41.8 Å². The van der Waals surface area contributed by atoms with E-state index in [1.165, 1.54) is 11.1 Å². The number of piperidine rings is 1. The van der Waals surface area contributed by atoms with Gasteiger partial charge in [-0.15, -0.1) is 0 Å². The minimum absolute atomic E-state index is 0.0760. The summed E-state index contributed by atoms with van der Waals surface area (Å²) >= 11 is 0. The Bertz CT molecular complexity index is 911. The number of nitrogens with one attached hydrogen (secondary N) is 2. The molecule has 0 saturated carbocycles. The van der Waals surface area contributed by atoms with E-state index in [-0.39, 0.29) is 11.9 Å². The molecule has 0 spiro atoms. The molecule has 1 saturated heterocycles. The Morgan fingerprint density at radius 1 is 1.28 bits per heavy atom. The summed E-state index contributed by atoms with van der Waals surface area (Å²) in [5.41, 5.74) is 6.33. The van der Waals surface area contributed by atoms with E-state index in [9.17, 15) is 18.0 Å². The quantitative estimate of drug-likeness (QED) is 0.632. The number of hydrogen-bond donors (Lipinski definition) is 3. The van der Waals surface area contributed by atoms with Gasteiger partial charge in [0.1, 0.15) is 18.4 Å². The van der Waals surface area contributed by atoms with Gasteiger partial charge >= 0.3 is 12.1 Å². The SMILES string of the molecule is CC(C)c1cc2c(cc1C1CCNCC1)N1C(=NNC(=O)C1C)CO2.O=C(O)C(F)(F)F. The number of benzene rings is 1. The van der Waals surface area contributed by atoms with Crippen LogP contribution in [0.5, 0.6) is 5.75 Å². The second-order valence-electron chi connectivity index (χ2n) is 8.27. The summed E-state index contributed by atoms with van der Waals surface area (Å²) < 4.78 is 37.7. The smallest absolute Gasteiger partial charge is 0.483 e. The maximum Gasteiger partial charge on any atom is 0.490 e. The number of ether oxygens (including phenoxy) is 1. The van der Waals surface area contributed by atoms with Crippen LogP contribution in [0.3, 0.4) is 0 Å². The summed E-state index contributed by atoms with van der Waals surface area (Å²) in [6, 6.07) is 4.17. The predicted molar refractivity (Wildman–Crippen MR) is 112 cm³/mol. The number of aliphatic carboxylic acids is 1. The lowest BCUT2D eigenvalue weighted by Crippen LogP contribution is -2.55. The van der Waals surface area contributed by atoms with Gasteiger partial charge in [-0.3, -0.25) is 4.79 Å². The fourth-order valence-electron chi connectivity index (χ4n) is 4.09. The zero-order chi connectivity index (χ0) is 23.6. The van der Waals surface area contributed by atoms with Gasteiger partial charge in [0.15, 0.2) is 5.84 Å². The van der Waals surface area contributed by atoms with E-state index in [1.54, 1.807) is 0 Å². The molecule has 0 aromatic heterocycles. The van der Waals surface area contributed by atoms with Crippen molar-refractivity contribution in [3.8, 4) is 5.75 Å². The minimum Gasteiger partial charge on any atom is -0.483 e. The summed E-state index contributed by atoms with van der Waals surface area (Å²) in [6.45, 7) is 8.90. The van der Waals surface area contributed by atoms with Crippen molar-refractivity contribution in [3.63, 3.8) is 0 Å². The van der Waals surface area contributed by atoms with Crippen molar-refractivity contribution in [2.75, 3.05) is 24.6 Å². The molecule has 1 unspecified atom stereocenters. The number of carboxylic acid groups (broad SMARTS) is 1. The topological polar surface area (TPSA) is 103 Å². The first-order chi connectivity index (χ1) is 15.0. The molecule has 1 aromatic carbocycles. The number of hydrogen-bond acceptors (Lipinski definition) is 6. The molecule has 1 amide bonds. The number of amidine groups is 1. The molecule has 8 nitrogen and oxygen atoms in total. The van der Waals surface area contributed by atoms with Crippen LogP contribution in [0.15, 0.2) is 17.2 Å². The monoisotopic (exact) mass is 456 g/mol. The number of rotatable bonds is 2. The van der Waals surface area contributed by atoms with Crippen LogP contribution >= 0.6 is 0 Å². The summed E-state index contributed by atoms with van der Waals surface area (Å²) in [7, 11) is 0. The number of amides is 1. The lowest BCUT2D eigenvalue weighted by Gasteiger charge is -2.39. The Balaban J connectivity index is 0.000000360. The molecule has 1 atom stereocenters. The van der Waals surface area contributed by atoms with Crippen molar-refractivity contribution >= 4 is 23.4 Å². The van der Waals surface area contributed by atoms with Crippen LogP contribution in [-0.4, -0.2) is 54.7 Å². The van der Waals surface area contributed by atoms with Crippen molar-refractivity contribution < 1.29 is 32.6 Å². The summed E-state index contributed by atoms with van der Waals surface area (Å²) in [4.78, 5) is 23.0. The standard InChI is InChI=1S/C19H26N4O2.C2HF3O2/c1-11(2)14-9-17-16(8-15(14)13-4-6-20-7-5-13)23-12(3)19(24)22-21-18(23)10-25-17;3-2(4,5)1(6)7/h8-9,11-13,20H,4-7,10H2,1-3H3,(H,22,24);(H,6,7). The second-order valence-corrected chi connectivity index (χ2v) is 8.27. The number of carbonyl (C=O) groups excluding carboxylic acids is 1. The Morgan fingerprint density at radius 2 is 1.91 bits per heavy atom. The normalized spacial score (nSPS) is 20.8. The van der Waals surface area contributed by atoms with Crippen molar-refractivity contribution in [3.05, 3.63) is 23.3 Å². The van der Waals surface area contributed by atoms with Crippen LogP contribution in [0.25, 0.3) is 0 Å². The average molecular weight is 456 g/mol. The predicted octanol–water partition coefficient (Wildman–Crippen LogP) is 2.94. The van der Waals surface area contributed by atoms with E-state index in [0.717, 1.165) is 43.2 Å². The second kappa shape index (κ2) is 9.35. The highest BCUT2D eigenvalue weighted by molar-refractivity contribution is 6.09. The van der Waals surface area contributed by atoms with Crippen molar-refractivity contribution in [2.45, 2.75) is 57.7 Å². The number of nitrogens with zero attached hydrogens (tertiary/aromatic N) is 2. The summed E-state index contributed by atoms with van der Waals surface area (Å²) in [5, 5.41) is 14.8. The molecular formula is C21H27F3N4O4. The highest BCUT2D eigenvalue weighted by Crippen LogP contribution is 2.42. The number of fused-ring (bicyclic) bond motifs is 3. The lowest BCUT2D eigenvalue weighted by molar-refractivity contribution is -0.192. The third-order valence-electron chi connectivity index (χ3n) is 5.76. The minimum atomic E-state index is -5.08. The molecule has 1 aromatic rings. The largest absolute Gasteiger partial charge is 0.490 e. The average Bonchev–Trinajstić information content (AvgIpc) is 2.75.